The molecule has 27 heavy (non-hydrogen) atoms. The second kappa shape index (κ2) is 7.70. The summed E-state index contributed by atoms with van der Waals surface area (Å²) in [5, 5.41) is 2.88. The summed E-state index contributed by atoms with van der Waals surface area (Å²) in [7, 11) is 3.10. The number of nitrogens with zero attached hydrogens (tertiary/aromatic N) is 1. The topological polar surface area (TPSA) is 67.9 Å². The predicted molar refractivity (Wildman–Crippen MR) is 105 cm³/mol. The minimum atomic E-state index is -0.398. The lowest BCUT2D eigenvalue weighted by Gasteiger charge is -2.19. The van der Waals surface area contributed by atoms with Crippen LogP contribution >= 0.6 is 0 Å². The van der Waals surface area contributed by atoms with Crippen LogP contribution in [0.5, 0.6) is 11.5 Å². The number of aryl methyl sites for hydroxylation is 2. The Balaban J connectivity index is 1.73. The van der Waals surface area contributed by atoms with Gasteiger partial charge in [0, 0.05) is 30.4 Å². The van der Waals surface area contributed by atoms with Crippen molar-refractivity contribution >= 4 is 23.2 Å². The van der Waals surface area contributed by atoms with Crippen molar-refractivity contribution in [1.29, 1.82) is 0 Å². The molecule has 1 N–H and O–H groups in total. The first kappa shape index (κ1) is 18.8. The number of hydrogen-bond donors (Lipinski definition) is 1. The Morgan fingerprint density at radius 3 is 2.52 bits per heavy atom. The number of rotatable bonds is 5. The van der Waals surface area contributed by atoms with Gasteiger partial charge in [-0.1, -0.05) is 12.1 Å². The van der Waals surface area contributed by atoms with Crippen LogP contribution in [0.15, 0.2) is 36.4 Å². The van der Waals surface area contributed by atoms with Crippen molar-refractivity contribution in [2.75, 3.05) is 31.0 Å². The predicted octanol–water partition coefficient (Wildman–Crippen LogP) is 3.31. The molecule has 6 heteroatoms. The molecule has 2 aromatic rings. The van der Waals surface area contributed by atoms with E-state index >= 15 is 0 Å². The van der Waals surface area contributed by atoms with Gasteiger partial charge in [-0.2, -0.15) is 0 Å². The fraction of sp³-hybridized carbons (Fsp3) is 0.333. The van der Waals surface area contributed by atoms with E-state index in [-0.39, 0.29) is 18.2 Å². The van der Waals surface area contributed by atoms with Crippen molar-refractivity contribution in [2.45, 2.75) is 20.3 Å². The highest BCUT2D eigenvalue weighted by molar-refractivity contribution is 6.04. The number of carbonyl (C=O) groups is 2. The van der Waals surface area contributed by atoms with E-state index < -0.39 is 5.92 Å². The zero-order valence-electron chi connectivity index (χ0n) is 16.0. The lowest BCUT2D eigenvalue weighted by Crippen LogP contribution is -2.28. The number of hydrogen-bond acceptors (Lipinski definition) is 4. The zero-order chi connectivity index (χ0) is 19.6. The first-order valence-corrected chi connectivity index (χ1v) is 8.83. The number of nitrogens with one attached hydrogen (secondary N) is 1. The van der Waals surface area contributed by atoms with Crippen LogP contribution < -0.4 is 19.7 Å². The van der Waals surface area contributed by atoms with Gasteiger partial charge in [-0.25, -0.2) is 0 Å². The molecule has 3 rings (SSSR count). The Labute approximate surface area is 159 Å². The molecule has 0 saturated carbocycles. The van der Waals surface area contributed by atoms with E-state index in [2.05, 4.69) is 5.32 Å². The van der Waals surface area contributed by atoms with Gasteiger partial charge in [0.25, 0.3) is 0 Å². The number of anilines is 2. The summed E-state index contributed by atoms with van der Waals surface area (Å²) >= 11 is 0. The maximum absolute atomic E-state index is 12.7. The second-order valence-electron chi connectivity index (χ2n) is 6.75. The van der Waals surface area contributed by atoms with E-state index in [1.54, 1.807) is 37.3 Å². The third-order valence-electron chi connectivity index (χ3n) is 4.80. The first-order chi connectivity index (χ1) is 12.9. The fourth-order valence-electron chi connectivity index (χ4n) is 3.28. The number of amides is 2. The lowest BCUT2D eigenvalue weighted by atomic mass is 10.1. The van der Waals surface area contributed by atoms with E-state index in [9.17, 15) is 9.59 Å². The number of ether oxygens (including phenoxy) is 2. The summed E-state index contributed by atoms with van der Waals surface area (Å²) < 4.78 is 10.5. The van der Waals surface area contributed by atoms with Gasteiger partial charge in [0.1, 0.15) is 0 Å². The van der Waals surface area contributed by atoms with Crippen molar-refractivity contribution in [1.82, 2.24) is 0 Å². The molecule has 1 atom stereocenters. The lowest BCUT2D eigenvalue weighted by molar-refractivity contribution is -0.122. The largest absolute Gasteiger partial charge is 0.493 e. The van der Waals surface area contributed by atoms with Gasteiger partial charge in [0.2, 0.25) is 11.8 Å². The molecule has 1 fully saturated rings. The highest BCUT2D eigenvalue weighted by Gasteiger charge is 2.35. The first-order valence-electron chi connectivity index (χ1n) is 8.83. The van der Waals surface area contributed by atoms with Gasteiger partial charge in [0.15, 0.2) is 11.5 Å². The summed E-state index contributed by atoms with van der Waals surface area (Å²) in [6.07, 6.45) is 0.201. The van der Waals surface area contributed by atoms with Crippen LogP contribution in [0, 0.1) is 19.8 Å². The van der Waals surface area contributed by atoms with Crippen LogP contribution in [-0.2, 0) is 9.59 Å². The van der Waals surface area contributed by atoms with Crippen molar-refractivity contribution < 1.29 is 19.1 Å². The normalized spacial score (nSPS) is 16.4. The Morgan fingerprint density at radius 2 is 1.81 bits per heavy atom. The molecule has 6 nitrogen and oxygen atoms in total. The fourth-order valence-corrected chi connectivity index (χ4v) is 3.28. The van der Waals surface area contributed by atoms with Crippen LogP contribution in [0.3, 0.4) is 0 Å². The molecule has 1 unspecified atom stereocenters. The molecule has 1 heterocycles. The molecular weight excluding hydrogens is 344 g/mol. The Hall–Kier alpha value is -3.02. The highest BCUT2D eigenvalue weighted by atomic mass is 16.5. The van der Waals surface area contributed by atoms with Gasteiger partial charge in [-0.15, -0.1) is 0 Å². The smallest absolute Gasteiger partial charge is 0.229 e. The van der Waals surface area contributed by atoms with E-state index in [4.69, 9.17) is 9.47 Å². The maximum Gasteiger partial charge on any atom is 0.229 e. The number of methoxy groups -OCH3 is 2. The summed E-state index contributed by atoms with van der Waals surface area (Å²) in [4.78, 5) is 26.9. The van der Waals surface area contributed by atoms with Gasteiger partial charge in [0.05, 0.1) is 20.1 Å². The Morgan fingerprint density at radius 1 is 1.07 bits per heavy atom. The molecule has 0 radical (unpaired) electrons. The Bertz CT molecular complexity index is 878. The minimum absolute atomic E-state index is 0.0313. The molecule has 1 saturated heterocycles. The van der Waals surface area contributed by atoms with Gasteiger partial charge in [-0.3, -0.25) is 9.59 Å². The third kappa shape index (κ3) is 3.89. The molecule has 0 aliphatic carbocycles. The van der Waals surface area contributed by atoms with Crippen molar-refractivity contribution in [3.8, 4) is 11.5 Å². The SMILES string of the molecule is COc1ccc(NC(=O)C2CC(=O)N(c3cc(C)ccc3C)C2)cc1OC. The monoisotopic (exact) mass is 368 g/mol. The Kier molecular flexibility index (Phi) is 5.35. The summed E-state index contributed by atoms with van der Waals surface area (Å²) in [6, 6.07) is 11.2. The van der Waals surface area contributed by atoms with Crippen LogP contribution in [-0.4, -0.2) is 32.6 Å². The molecule has 0 aromatic heterocycles. The van der Waals surface area contributed by atoms with E-state index in [0.717, 1.165) is 16.8 Å². The van der Waals surface area contributed by atoms with E-state index in [1.807, 2.05) is 32.0 Å². The number of carbonyl (C=O) groups excluding carboxylic acids is 2. The molecule has 0 bridgehead atoms. The molecule has 1 aliphatic rings. The van der Waals surface area contributed by atoms with Crippen LogP contribution in [0.25, 0.3) is 0 Å². The average Bonchev–Trinajstić information content (AvgIpc) is 3.05. The highest BCUT2D eigenvalue weighted by Crippen LogP contribution is 2.32. The van der Waals surface area contributed by atoms with Crippen LogP contribution in [0.4, 0.5) is 11.4 Å². The molecule has 0 spiro atoms. The van der Waals surface area contributed by atoms with Gasteiger partial charge >= 0.3 is 0 Å². The molecular formula is C21H24N2O4. The molecule has 2 amide bonds. The molecule has 2 aromatic carbocycles. The van der Waals surface area contributed by atoms with E-state index in [1.165, 1.54) is 0 Å². The second-order valence-corrected chi connectivity index (χ2v) is 6.75. The third-order valence-corrected chi connectivity index (χ3v) is 4.80. The van der Waals surface area contributed by atoms with Crippen LogP contribution in [0.2, 0.25) is 0 Å². The van der Waals surface area contributed by atoms with Crippen LogP contribution in [0.1, 0.15) is 17.5 Å². The van der Waals surface area contributed by atoms with Gasteiger partial charge < -0.3 is 19.7 Å². The number of benzene rings is 2. The van der Waals surface area contributed by atoms with Crippen molar-refractivity contribution in [2.24, 2.45) is 5.92 Å². The summed E-state index contributed by atoms with van der Waals surface area (Å²) in [5.41, 5.74) is 3.59. The average molecular weight is 368 g/mol. The molecule has 1 aliphatic heterocycles. The van der Waals surface area contributed by atoms with Crippen molar-refractivity contribution in [3.05, 3.63) is 47.5 Å². The molecule has 142 valence electrons. The quantitative estimate of drug-likeness (QED) is 0.879. The van der Waals surface area contributed by atoms with E-state index in [0.29, 0.717) is 23.7 Å². The summed E-state index contributed by atoms with van der Waals surface area (Å²) in [5.74, 6) is 0.521. The maximum atomic E-state index is 12.7. The zero-order valence-corrected chi connectivity index (χ0v) is 16.0. The standard InChI is InChI=1S/C21H24N2O4/c1-13-5-6-14(2)17(9-13)23-12-15(10-20(23)24)21(25)22-16-7-8-18(26-3)19(11-16)27-4/h5-9,11,15H,10,12H2,1-4H3,(H,22,25). The summed E-state index contributed by atoms with van der Waals surface area (Å²) in [6.45, 7) is 4.34. The van der Waals surface area contributed by atoms with Gasteiger partial charge in [-0.05, 0) is 43.2 Å². The van der Waals surface area contributed by atoms with Crippen molar-refractivity contribution in [3.63, 3.8) is 0 Å². The minimum Gasteiger partial charge on any atom is -0.493 e.